The quantitative estimate of drug-likeness (QED) is 0.0219. The highest BCUT2D eigenvalue weighted by Crippen LogP contribution is 2.21. The Kier molecular flexibility index (Phi) is 19.4. The number of nitrogens with two attached hydrogens (primary N) is 3. The van der Waals surface area contributed by atoms with Crippen LogP contribution in [-0.2, 0) is 46.4 Å². The molecule has 0 aliphatic carbocycles. The third kappa shape index (κ3) is 16.3. The molecule has 3 rings (SSSR count). The normalized spacial score (nSPS) is 14.2. The number of para-hydroxylation sites is 1. The van der Waals surface area contributed by atoms with Crippen LogP contribution in [-0.4, -0.2) is 111 Å². The van der Waals surface area contributed by atoms with Gasteiger partial charge in [-0.3, -0.25) is 34.2 Å². The zero-order chi connectivity index (χ0) is 45.3. The molecule has 0 saturated heterocycles. The minimum absolute atomic E-state index is 0.0486. The van der Waals surface area contributed by atoms with Gasteiger partial charge < -0.3 is 59.2 Å². The van der Waals surface area contributed by atoms with Crippen LogP contribution in [0.4, 0.5) is 0 Å². The Balaban J connectivity index is 1.99. The Bertz CT molecular complexity index is 2010. The number of hydrogen-bond donors (Lipinski definition) is 14. The molecular weight excluding hydrogens is 827 g/mol. The van der Waals surface area contributed by atoms with Gasteiger partial charge in [0.2, 0.25) is 35.4 Å². The average molecular weight is 884 g/mol. The van der Waals surface area contributed by atoms with Crippen LogP contribution in [0.15, 0.2) is 60.8 Å². The first kappa shape index (κ1) is 49.6. The summed E-state index contributed by atoms with van der Waals surface area (Å²) in [5.74, 6) is -6.09. The molecule has 1 heterocycles. The molecule has 2 aromatic carbocycles. The number of H-pyrrole nitrogens is 1. The molecule has 0 radical (unpaired) electrons. The topological polar surface area (TPSA) is 330 Å². The van der Waals surface area contributed by atoms with Gasteiger partial charge in [-0.2, -0.15) is 25.3 Å². The number of benzene rings is 2. The Morgan fingerprint density at radius 1 is 0.754 bits per heavy atom. The van der Waals surface area contributed by atoms with E-state index in [2.05, 4.69) is 62.1 Å². The Labute approximate surface area is 364 Å². The van der Waals surface area contributed by atoms with Crippen LogP contribution in [0, 0.1) is 5.41 Å². The van der Waals surface area contributed by atoms with E-state index < -0.39 is 82.4 Å². The second kappa shape index (κ2) is 23.8. The molecule has 0 unspecified atom stereocenters. The number of carboxylic acid groups (broad SMARTS) is 1. The number of nitrogens with one attached hydrogen (secondary N) is 8. The predicted molar refractivity (Wildman–Crippen MR) is 237 cm³/mol. The van der Waals surface area contributed by atoms with Crippen molar-refractivity contribution >= 4 is 83.5 Å². The number of fused-ring (bicyclic) bond motifs is 1. The molecule has 1 aromatic heterocycles. The first-order valence-electron chi connectivity index (χ1n) is 19.6. The summed E-state index contributed by atoms with van der Waals surface area (Å²) in [6, 6.07) is 8.07. The highest BCUT2D eigenvalue weighted by molar-refractivity contribution is 7.81. The van der Waals surface area contributed by atoms with Gasteiger partial charge in [-0.25, -0.2) is 4.79 Å². The molecule has 0 saturated carbocycles. The van der Waals surface area contributed by atoms with Crippen molar-refractivity contribution in [3.8, 4) is 0 Å². The first-order valence-corrected chi connectivity index (χ1v) is 20.7. The van der Waals surface area contributed by atoms with Crippen LogP contribution in [0.1, 0.15) is 57.1 Å². The maximum absolute atomic E-state index is 14.3. The maximum atomic E-state index is 14.3. The van der Waals surface area contributed by atoms with E-state index in [4.69, 9.17) is 22.6 Å². The highest BCUT2D eigenvalue weighted by Gasteiger charge is 2.37. The lowest BCUT2D eigenvalue weighted by Gasteiger charge is -2.30. The van der Waals surface area contributed by atoms with Crippen LogP contribution in [0.3, 0.4) is 0 Å². The highest BCUT2D eigenvalue weighted by atomic mass is 32.1. The van der Waals surface area contributed by atoms with Crippen LogP contribution in [0.5, 0.6) is 0 Å². The number of thiol groups is 2. The van der Waals surface area contributed by atoms with Crippen molar-refractivity contribution < 1.29 is 38.7 Å². The van der Waals surface area contributed by atoms with Gasteiger partial charge in [0, 0.05) is 47.7 Å². The number of amides is 6. The molecule has 0 aliphatic heterocycles. The number of hydrogen-bond acceptors (Lipinski definition) is 11. The van der Waals surface area contributed by atoms with Crippen LogP contribution in [0.25, 0.3) is 10.9 Å². The summed E-state index contributed by atoms with van der Waals surface area (Å²) in [6.07, 6.45) is 1.36. The molecule has 0 aliphatic rings. The molecule has 0 fully saturated rings. The summed E-state index contributed by atoms with van der Waals surface area (Å²) in [7, 11) is 0. The van der Waals surface area contributed by atoms with E-state index in [-0.39, 0.29) is 63.2 Å². The lowest BCUT2D eigenvalue weighted by Crippen LogP contribution is -2.61. The predicted octanol–water partition coefficient (Wildman–Crippen LogP) is -0.654. The Morgan fingerprint density at radius 3 is 1.89 bits per heavy atom. The molecule has 3 aromatic rings. The monoisotopic (exact) mass is 883 g/mol. The molecular formula is C40H57N11O8S2. The number of carbonyl (C=O) groups excluding carboxylic acids is 6. The zero-order valence-corrected chi connectivity index (χ0v) is 35.8. The van der Waals surface area contributed by atoms with Crippen LogP contribution >= 0.6 is 25.3 Å². The van der Waals surface area contributed by atoms with Gasteiger partial charge in [0.1, 0.15) is 30.2 Å². The van der Waals surface area contributed by atoms with Gasteiger partial charge in [0.25, 0.3) is 0 Å². The largest absolute Gasteiger partial charge is 0.480 e. The minimum atomic E-state index is -1.46. The number of aromatic amines is 1. The van der Waals surface area contributed by atoms with Gasteiger partial charge in [0.05, 0.1) is 6.04 Å². The molecule has 61 heavy (non-hydrogen) atoms. The molecule has 15 N–H and O–H groups in total. The average Bonchev–Trinajstić information content (AvgIpc) is 3.60. The van der Waals surface area contributed by atoms with Gasteiger partial charge in [-0.1, -0.05) is 48.5 Å². The Morgan fingerprint density at radius 2 is 1.30 bits per heavy atom. The molecule has 6 atom stereocenters. The molecule has 19 nitrogen and oxygen atoms in total. The van der Waals surface area contributed by atoms with E-state index in [1.54, 1.807) is 42.6 Å². The Hall–Kier alpha value is -5.80. The van der Waals surface area contributed by atoms with Crippen molar-refractivity contribution in [1.82, 2.24) is 36.9 Å². The summed E-state index contributed by atoms with van der Waals surface area (Å²) in [4.78, 5) is 96.2. The summed E-state index contributed by atoms with van der Waals surface area (Å²) < 4.78 is -1.21. The van der Waals surface area contributed by atoms with Gasteiger partial charge in [0.15, 0.2) is 5.96 Å². The number of aromatic nitrogens is 1. The van der Waals surface area contributed by atoms with E-state index in [9.17, 15) is 38.7 Å². The summed E-state index contributed by atoms with van der Waals surface area (Å²) in [6.45, 7) is 3.16. The number of rotatable bonds is 25. The van der Waals surface area contributed by atoms with Gasteiger partial charge >= 0.3 is 5.97 Å². The number of carbonyl (C=O) groups is 7. The van der Waals surface area contributed by atoms with Gasteiger partial charge in [-0.15, -0.1) is 0 Å². The van der Waals surface area contributed by atoms with Gasteiger partial charge in [-0.05, 0) is 62.5 Å². The van der Waals surface area contributed by atoms with E-state index in [0.29, 0.717) is 11.1 Å². The second-order valence-electron chi connectivity index (χ2n) is 15.0. The number of carboxylic acids is 1. The van der Waals surface area contributed by atoms with Crippen molar-refractivity contribution in [3.63, 3.8) is 0 Å². The molecule has 0 bridgehead atoms. The summed E-state index contributed by atoms with van der Waals surface area (Å²) in [5.41, 5.74) is 18.8. The maximum Gasteiger partial charge on any atom is 0.327 e. The van der Waals surface area contributed by atoms with E-state index >= 15 is 0 Å². The third-order valence-electron chi connectivity index (χ3n) is 9.59. The van der Waals surface area contributed by atoms with Crippen LogP contribution in [0.2, 0.25) is 0 Å². The van der Waals surface area contributed by atoms with Crippen LogP contribution < -0.4 is 49.1 Å². The summed E-state index contributed by atoms with van der Waals surface area (Å²) in [5, 5.41) is 34.0. The smallest absolute Gasteiger partial charge is 0.327 e. The number of primary amides is 1. The van der Waals surface area contributed by atoms with Crippen molar-refractivity contribution in [2.75, 3.05) is 12.3 Å². The fraction of sp³-hybridized carbons (Fsp3) is 0.450. The molecule has 332 valence electrons. The van der Waals surface area contributed by atoms with Crippen molar-refractivity contribution in [2.24, 2.45) is 17.2 Å². The third-order valence-corrected chi connectivity index (χ3v) is 10.1. The fourth-order valence-corrected chi connectivity index (χ4v) is 6.74. The molecule has 21 heteroatoms. The summed E-state index contributed by atoms with van der Waals surface area (Å²) >= 11 is 8.47. The first-order chi connectivity index (χ1) is 28.8. The second-order valence-corrected chi connectivity index (χ2v) is 16.6. The SMILES string of the molecule is CC(C)(S)[C@H](NC(=O)[C@H](Cc1c[nH]c2ccccc12)NC(=O)[C@H](CCCNC(=N)N)NC(=O)[C@@H](Cc1ccccc1)NC(=O)[C@H](CCC(N)=O)NC(=O)[C@@H](N)CCS)C(=O)O. The van der Waals surface area contributed by atoms with E-state index in [0.717, 1.165) is 10.9 Å². The van der Waals surface area contributed by atoms with Crippen molar-refractivity contribution in [1.29, 1.82) is 5.41 Å². The zero-order valence-electron chi connectivity index (χ0n) is 34.0. The minimum Gasteiger partial charge on any atom is -0.480 e. The standard InChI is InChI=1S/C40H57N11O8S2/c1-40(2,61)32(38(58)59)51-37(57)30(20-23-21-46-26-12-7-6-11-24(23)26)50-34(54)27(13-8-17-45-39(43)44)48-36(56)29(19-22-9-4-3-5-10-22)49-35(55)28(14-15-31(42)52)47-33(53)25(41)16-18-60/h3-7,9-12,21,25,27-30,32,46,60-61H,8,13-20,41H2,1-2H3,(H2,42,52)(H,47,53)(H,48,56)(H,49,55)(H,50,54)(H,51,57)(H,58,59)(H4,43,44,45)/t25-,27-,28-,29+,30-,32+/m0/s1. The fourth-order valence-electron chi connectivity index (χ4n) is 6.29. The molecule has 0 spiro atoms. The van der Waals surface area contributed by atoms with Crippen molar-refractivity contribution in [2.45, 2.75) is 99.8 Å². The lowest BCUT2D eigenvalue weighted by molar-refractivity contribution is -0.143. The van der Waals surface area contributed by atoms with E-state index in [1.165, 1.54) is 13.8 Å². The molecule has 6 amide bonds. The van der Waals surface area contributed by atoms with Crippen molar-refractivity contribution in [3.05, 3.63) is 71.9 Å². The number of guanidine groups is 1. The number of aliphatic carboxylic acids is 1. The van der Waals surface area contributed by atoms with E-state index in [1.807, 2.05) is 18.2 Å². The lowest BCUT2D eigenvalue weighted by atomic mass is 10.00.